The van der Waals surface area contributed by atoms with E-state index in [1.54, 1.807) is 11.3 Å². The summed E-state index contributed by atoms with van der Waals surface area (Å²) in [7, 11) is 1.45. The van der Waals surface area contributed by atoms with E-state index in [9.17, 15) is 9.59 Å². The zero-order chi connectivity index (χ0) is 17.5. The van der Waals surface area contributed by atoms with Gasteiger partial charge < -0.3 is 15.0 Å². The van der Waals surface area contributed by atoms with Crippen molar-refractivity contribution in [3.63, 3.8) is 0 Å². The predicted octanol–water partition coefficient (Wildman–Crippen LogP) is 3.01. The minimum atomic E-state index is -0.114. The van der Waals surface area contributed by atoms with Gasteiger partial charge in [-0.25, -0.2) is 0 Å². The first-order chi connectivity index (χ1) is 11.5. The lowest BCUT2D eigenvalue weighted by molar-refractivity contribution is -0.147. The molecule has 0 radical (unpaired) electrons. The fourth-order valence-electron chi connectivity index (χ4n) is 2.92. The highest BCUT2D eigenvalue weighted by molar-refractivity contribution is 9.11. The smallest absolute Gasteiger partial charge is 0.308 e. The minimum absolute atomic E-state index is 0.0527. The van der Waals surface area contributed by atoms with E-state index in [1.165, 1.54) is 7.11 Å². The number of hydrogen-bond donors (Lipinski definition) is 1. The Balaban J connectivity index is 1.61. The van der Waals surface area contributed by atoms with Crippen LogP contribution < -0.4 is 5.32 Å². The van der Waals surface area contributed by atoms with E-state index in [0.29, 0.717) is 6.54 Å². The molecule has 134 valence electrons. The van der Waals surface area contributed by atoms with Crippen LogP contribution in [0.4, 0.5) is 0 Å². The van der Waals surface area contributed by atoms with Crippen molar-refractivity contribution in [3.8, 4) is 0 Å². The molecule has 7 heteroatoms. The maximum absolute atomic E-state index is 12.2. The van der Waals surface area contributed by atoms with E-state index in [-0.39, 0.29) is 23.7 Å². The lowest BCUT2D eigenvalue weighted by Crippen LogP contribution is -2.38. The van der Waals surface area contributed by atoms with Gasteiger partial charge in [0.05, 0.1) is 22.7 Å². The Kier molecular flexibility index (Phi) is 7.71. The summed E-state index contributed by atoms with van der Waals surface area (Å²) in [4.78, 5) is 27.1. The van der Waals surface area contributed by atoms with Crippen molar-refractivity contribution in [2.45, 2.75) is 32.1 Å². The van der Waals surface area contributed by atoms with Crippen molar-refractivity contribution in [1.82, 2.24) is 10.2 Å². The van der Waals surface area contributed by atoms with E-state index in [2.05, 4.69) is 26.1 Å². The van der Waals surface area contributed by atoms with E-state index >= 15 is 0 Å². The Labute approximate surface area is 155 Å². The van der Waals surface area contributed by atoms with Gasteiger partial charge in [0.2, 0.25) is 5.91 Å². The van der Waals surface area contributed by atoms with Gasteiger partial charge in [-0.15, -0.1) is 11.3 Å². The number of esters is 1. The molecule has 1 aromatic rings. The number of likely N-dealkylation sites (tertiary alicyclic amines) is 1. The van der Waals surface area contributed by atoms with Crippen LogP contribution in [0.3, 0.4) is 0 Å². The molecule has 1 aliphatic rings. The maximum Gasteiger partial charge on any atom is 0.308 e. The number of nitrogens with zero attached hydrogens (tertiary/aromatic N) is 1. The van der Waals surface area contributed by atoms with Gasteiger partial charge in [0, 0.05) is 11.4 Å². The van der Waals surface area contributed by atoms with Crippen molar-refractivity contribution in [1.29, 1.82) is 0 Å². The fraction of sp³-hybridized carbons (Fsp3) is 0.647. The van der Waals surface area contributed by atoms with Gasteiger partial charge in [-0.3, -0.25) is 9.59 Å². The number of piperidine rings is 1. The summed E-state index contributed by atoms with van der Waals surface area (Å²) in [5.74, 6) is -0.0705. The van der Waals surface area contributed by atoms with Gasteiger partial charge in [-0.05, 0) is 73.9 Å². The van der Waals surface area contributed by atoms with Crippen LogP contribution in [0.25, 0.3) is 0 Å². The molecule has 1 N–H and O–H groups in total. The van der Waals surface area contributed by atoms with Gasteiger partial charge in [0.15, 0.2) is 0 Å². The minimum Gasteiger partial charge on any atom is -0.469 e. The highest BCUT2D eigenvalue weighted by atomic mass is 79.9. The third kappa shape index (κ3) is 5.57. The number of nitrogens with one attached hydrogen (secondary N) is 1. The Morgan fingerprint density at radius 2 is 2.12 bits per heavy atom. The van der Waals surface area contributed by atoms with Crippen molar-refractivity contribution in [3.05, 3.63) is 20.8 Å². The molecule has 1 aromatic heterocycles. The summed E-state index contributed by atoms with van der Waals surface area (Å²) in [5, 5.41) is 3.02. The molecular formula is C17H25BrN2O3S. The van der Waals surface area contributed by atoms with Gasteiger partial charge in [0.1, 0.15) is 0 Å². The number of carbonyl (C=O) groups excluding carboxylic acids is 2. The number of ether oxygens (including phenoxy) is 1. The number of methoxy groups -OCH3 is 1. The largest absolute Gasteiger partial charge is 0.469 e. The van der Waals surface area contributed by atoms with E-state index in [1.807, 2.05) is 19.1 Å². The van der Waals surface area contributed by atoms with Crippen LogP contribution in [0.5, 0.6) is 0 Å². The second kappa shape index (κ2) is 9.53. The molecule has 0 unspecified atom stereocenters. The molecule has 24 heavy (non-hydrogen) atoms. The third-order valence-corrected chi connectivity index (χ3v) is 6.29. The SMILES string of the molecule is COC(=O)C1CCN(CCCNC(=O)[C@@H](C)c2ccc(Br)s2)CC1. The Bertz CT molecular complexity index is 556. The number of rotatable bonds is 7. The highest BCUT2D eigenvalue weighted by Crippen LogP contribution is 2.28. The molecule has 2 rings (SSSR count). The Morgan fingerprint density at radius 3 is 2.71 bits per heavy atom. The Morgan fingerprint density at radius 1 is 1.42 bits per heavy atom. The van der Waals surface area contributed by atoms with E-state index in [4.69, 9.17) is 4.74 Å². The summed E-state index contributed by atoms with van der Waals surface area (Å²) < 4.78 is 5.85. The van der Waals surface area contributed by atoms with Crippen LogP contribution in [-0.4, -0.2) is 50.1 Å². The number of carbonyl (C=O) groups is 2. The van der Waals surface area contributed by atoms with Gasteiger partial charge in [0.25, 0.3) is 0 Å². The van der Waals surface area contributed by atoms with Crippen LogP contribution in [0.2, 0.25) is 0 Å². The quantitative estimate of drug-likeness (QED) is 0.548. The summed E-state index contributed by atoms with van der Waals surface area (Å²) >= 11 is 5.03. The number of halogens is 1. The molecule has 1 aliphatic heterocycles. The molecule has 1 amide bonds. The molecule has 1 atom stereocenters. The average molecular weight is 417 g/mol. The third-order valence-electron chi connectivity index (χ3n) is 4.49. The molecule has 0 aromatic carbocycles. The predicted molar refractivity (Wildman–Crippen MR) is 99.2 cm³/mol. The van der Waals surface area contributed by atoms with Gasteiger partial charge in [-0.2, -0.15) is 0 Å². The van der Waals surface area contributed by atoms with Crippen molar-refractivity contribution in [2.24, 2.45) is 5.92 Å². The Hall–Kier alpha value is -0.920. The first kappa shape index (κ1) is 19.4. The molecule has 1 saturated heterocycles. The molecule has 0 spiro atoms. The molecule has 5 nitrogen and oxygen atoms in total. The summed E-state index contributed by atoms with van der Waals surface area (Å²) in [5.41, 5.74) is 0. The van der Waals surface area contributed by atoms with Crippen LogP contribution in [-0.2, 0) is 14.3 Å². The lowest BCUT2D eigenvalue weighted by Gasteiger charge is -2.30. The van der Waals surface area contributed by atoms with Crippen LogP contribution in [0, 0.1) is 5.92 Å². The second-order valence-electron chi connectivity index (χ2n) is 6.15. The van der Waals surface area contributed by atoms with Crippen LogP contribution >= 0.6 is 27.3 Å². The van der Waals surface area contributed by atoms with Crippen LogP contribution in [0.15, 0.2) is 15.9 Å². The molecule has 0 saturated carbocycles. The average Bonchev–Trinajstić information content (AvgIpc) is 3.04. The molecule has 1 fully saturated rings. The monoisotopic (exact) mass is 416 g/mol. The van der Waals surface area contributed by atoms with Gasteiger partial charge >= 0.3 is 5.97 Å². The molecule has 0 bridgehead atoms. The summed E-state index contributed by atoms with van der Waals surface area (Å²) in [6, 6.07) is 3.96. The number of thiophene rings is 1. The second-order valence-corrected chi connectivity index (χ2v) is 8.64. The van der Waals surface area contributed by atoms with Gasteiger partial charge in [-0.1, -0.05) is 0 Å². The zero-order valence-electron chi connectivity index (χ0n) is 14.2. The van der Waals surface area contributed by atoms with Crippen LogP contribution in [0.1, 0.15) is 37.0 Å². The van der Waals surface area contributed by atoms with Crippen molar-refractivity contribution in [2.75, 3.05) is 33.3 Å². The molecular weight excluding hydrogens is 392 g/mol. The zero-order valence-corrected chi connectivity index (χ0v) is 16.6. The van der Waals surface area contributed by atoms with Crippen molar-refractivity contribution < 1.29 is 14.3 Å². The molecule has 2 heterocycles. The van der Waals surface area contributed by atoms with E-state index in [0.717, 1.165) is 47.6 Å². The normalized spacial score (nSPS) is 17.5. The topological polar surface area (TPSA) is 58.6 Å². The number of amides is 1. The lowest BCUT2D eigenvalue weighted by atomic mass is 9.97. The maximum atomic E-state index is 12.2. The highest BCUT2D eigenvalue weighted by Gasteiger charge is 2.25. The molecule has 0 aliphatic carbocycles. The summed E-state index contributed by atoms with van der Waals surface area (Å²) in [6.45, 7) is 5.42. The first-order valence-electron chi connectivity index (χ1n) is 8.34. The standard InChI is InChI=1S/C17H25BrN2O3S/c1-12(14-4-5-15(18)24-14)16(21)19-8-3-9-20-10-6-13(7-11-20)17(22)23-2/h4-5,12-13H,3,6-11H2,1-2H3,(H,19,21)/t12-/m0/s1. The number of hydrogen-bond acceptors (Lipinski definition) is 5. The van der Waals surface area contributed by atoms with E-state index < -0.39 is 0 Å². The first-order valence-corrected chi connectivity index (χ1v) is 9.95. The fourth-order valence-corrected chi connectivity index (χ4v) is 4.39. The summed E-state index contributed by atoms with van der Waals surface area (Å²) in [6.07, 6.45) is 2.65. The van der Waals surface area contributed by atoms with Crippen molar-refractivity contribution >= 4 is 39.1 Å².